The van der Waals surface area contributed by atoms with E-state index in [0.29, 0.717) is 13.0 Å². The molecule has 0 aromatic heterocycles. The Balaban J connectivity index is -0.00000138. The number of hydrogen-bond donors (Lipinski definition) is 6. The second kappa shape index (κ2) is 44.6. The van der Waals surface area contributed by atoms with Crippen molar-refractivity contribution in [1.29, 1.82) is 0 Å². The molecule has 42 nitrogen and oxygen atoms in total. The minimum atomic E-state index is -4.61. The van der Waals surface area contributed by atoms with Crippen LogP contribution >= 0.6 is 0 Å². The molecule has 0 aliphatic heterocycles. The van der Waals surface area contributed by atoms with Gasteiger partial charge in [0.25, 0.3) is 121 Å². The van der Waals surface area contributed by atoms with E-state index in [4.69, 9.17) is 47.5 Å². The Morgan fingerprint density at radius 2 is 0.510 bits per heavy atom. The fraction of sp³-hybridized carbons (Fsp3) is 0.955. The summed E-state index contributed by atoms with van der Waals surface area (Å²) in [5, 5.41) is 0. The summed E-state index contributed by atoms with van der Waals surface area (Å²) >= 11 is 0. The molecule has 590 valence electrons. The molecule has 0 spiro atoms. The molecule has 0 heterocycles. The Bertz CT molecular complexity index is 3770. The maximum absolute atomic E-state index is 12.6. The van der Waals surface area contributed by atoms with Crippen molar-refractivity contribution in [3.05, 3.63) is 0 Å². The first kappa shape index (κ1) is 100.0. The van der Waals surface area contributed by atoms with Crippen molar-refractivity contribution in [2.75, 3.05) is 148 Å². The van der Waals surface area contributed by atoms with E-state index >= 15 is 0 Å². The summed E-state index contributed by atoms with van der Waals surface area (Å²) < 4.78 is 356. The van der Waals surface area contributed by atoms with Crippen LogP contribution in [0, 0.1) is 16.2 Å². The molecule has 0 atom stereocenters. The van der Waals surface area contributed by atoms with Gasteiger partial charge in [-0.1, -0.05) is 27.7 Å². The number of ether oxygens (including phenoxy) is 2. The van der Waals surface area contributed by atoms with Crippen LogP contribution in [0.2, 0.25) is 0 Å². The van der Waals surface area contributed by atoms with E-state index in [0.717, 1.165) is 0 Å². The molecule has 0 bridgehead atoms. The Morgan fingerprint density at radius 1 is 0.306 bits per heavy atom. The van der Waals surface area contributed by atoms with Crippen molar-refractivity contribution in [2.24, 2.45) is 27.7 Å². The Hall–Kier alpha value is -2.22. The van der Waals surface area contributed by atoms with E-state index < -0.39 is 265 Å². The summed E-state index contributed by atoms with van der Waals surface area (Å²) in [5.74, 6) is -11.6. The van der Waals surface area contributed by atoms with Crippen molar-refractivity contribution in [1.82, 2.24) is 0 Å². The molecule has 0 aromatic rings. The van der Waals surface area contributed by atoms with E-state index in [1.165, 1.54) is 13.8 Å². The molecule has 98 heavy (non-hydrogen) atoms. The zero-order valence-electron chi connectivity index (χ0n) is 54.4. The summed E-state index contributed by atoms with van der Waals surface area (Å²) in [4.78, 5) is 25.2. The maximum Gasteiger partial charge on any atom is 0.328 e. The van der Waals surface area contributed by atoms with E-state index in [2.05, 4.69) is 25.1 Å². The zero-order chi connectivity index (χ0) is 77.1. The number of carbonyl (C=O) groups excluding carboxylic acids is 2. The highest BCUT2D eigenvalue weighted by Gasteiger charge is 2.52. The highest BCUT2D eigenvalue weighted by molar-refractivity contribution is 7.89. The zero-order valence-corrected chi connectivity index (χ0v) is 64.2. The molecule has 0 fully saturated rings. The number of rotatable bonds is 55. The molecule has 0 radical (unpaired) electrons. The fourth-order valence-electron chi connectivity index (χ4n) is 6.13. The van der Waals surface area contributed by atoms with Gasteiger partial charge in [0.2, 0.25) is 5.41 Å². The van der Waals surface area contributed by atoms with Crippen molar-refractivity contribution in [3.8, 4) is 0 Å². The van der Waals surface area contributed by atoms with Crippen LogP contribution in [0.1, 0.15) is 99.3 Å². The number of hydrogen-bond acceptors (Lipinski definition) is 38. The lowest BCUT2D eigenvalue weighted by molar-refractivity contribution is -0.176. The summed E-state index contributed by atoms with van der Waals surface area (Å²) in [5.41, 5.74) is 7.17. The summed E-state index contributed by atoms with van der Waals surface area (Å²) in [6.07, 6.45) is -2.09. The standard InChI is InChI=1S/C15H33NO12S4.C15H28O16S4.C14H31NO12S4/c1-15(2,6-7-16)14-28-32(24,25)13-5-12-31(22,23)27-9-3-8-26-30(20,21)11-4-10-29(17,18)19;1-3-28-13(16)15(14(17)29-4-2,11-30-34(24,25)9-5-7-32(18,19)20)12-31-35(26,27)10-6-8-33(21,22)23;1-14(2,12-15)13-27-31(23,24)11-5-10-30(21,22)26-7-3-6-25-29(19,20)9-4-8-28(16,17)18/h3-14,16H2,1-2H3,(H,17,18,19);3-12H2,1-2H3,(H,18,19,20)(H,21,22,23);3-13,15H2,1-2H3,(H,16,17,18). The van der Waals surface area contributed by atoms with Gasteiger partial charge in [-0.15, -0.1) is 0 Å². The first-order valence-electron chi connectivity index (χ1n) is 28.6. The van der Waals surface area contributed by atoms with Crippen LogP contribution in [-0.4, -0.2) is 279 Å². The molecule has 8 N–H and O–H groups in total. The van der Waals surface area contributed by atoms with Crippen LogP contribution in [-0.2, 0) is 174 Å². The molecular weight excluding hydrogens is 1580 g/mol. The first-order valence-corrected chi connectivity index (χ1v) is 47.6. The van der Waals surface area contributed by atoms with Gasteiger partial charge in [0.15, 0.2) is 0 Å². The number of carbonyl (C=O) groups is 2. The van der Waals surface area contributed by atoms with Gasteiger partial charge in [-0.05, 0) is 90.1 Å². The van der Waals surface area contributed by atoms with Gasteiger partial charge >= 0.3 is 11.9 Å². The fourth-order valence-corrected chi connectivity index (χ4v) is 17.4. The molecule has 0 amide bonds. The monoisotopic (exact) mass is 1670 g/mol. The molecule has 0 saturated carbocycles. The average Bonchev–Trinajstić information content (AvgIpc) is 0.797. The molecule has 0 saturated heterocycles. The van der Waals surface area contributed by atoms with Crippen LogP contribution in [0.3, 0.4) is 0 Å². The number of nitrogens with two attached hydrogens (primary N) is 2. The Morgan fingerprint density at radius 3 is 0.714 bits per heavy atom. The maximum atomic E-state index is 12.6. The molecular formula is C44H92N2O40S12. The second-order valence-electron chi connectivity index (χ2n) is 22.0. The van der Waals surface area contributed by atoms with Crippen molar-refractivity contribution >= 4 is 133 Å². The predicted molar refractivity (Wildman–Crippen MR) is 346 cm³/mol. The highest BCUT2D eigenvalue weighted by Crippen LogP contribution is 2.27. The third kappa shape index (κ3) is 57.2. The summed E-state index contributed by atoms with van der Waals surface area (Å²) in [6, 6.07) is 0. The largest absolute Gasteiger partial charge is 0.465 e. The van der Waals surface area contributed by atoms with Gasteiger partial charge in [-0.25, -0.2) is 0 Å². The lowest BCUT2D eigenvalue weighted by Gasteiger charge is -2.28. The first-order chi connectivity index (χ1) is 44.1. The van der Waals surface area contributed by atoms with Crippen molar-refractivity contribution in [3.63, 3.8) is 0 Å². The van der Waals surface area contributed by atoms with Gasteiger partial charge in [0, 0.05) is 5.41 Å². The quantitative estimate of drug-likeness (QED) is 0.0115. The van der Waals surface area contributed by atoms with Crippen molar-refractivity contribution in [2.45, 2.75) is 99.3 Å². The molecule has 0 aromatic carbocycles. The SMILES string of the molecule is CC(C)(CCN)COS(=O)(=O)CCCS(=O)(=O)OCCCOS(=O)(=O)CCCS(=O)(=O)O.CC(C)(CN)COS(=O)(=O)CCCS(=O)(=O)OCCCOS(=O)(=O)CCCS(=O)(=O)O.CCOC(=O)C(COS(=O)(=O)CCCS(=O)(=O)O)(COS(=O)(=O)CCCS(=O)(=O)O)C(=O)OCC. The topological polar surface area (TPSA) is 669 Å². The van der Waals surface area contributed by atoms with Gasteiger partial charge < -0.3 is 20.9 Å². The van der Waals surface area contributed by atoms with E-state index in [1.807, 2.05) is 0 Å². The lowest BCUT2D eigenvalue weighted by atomic mass is 9.90. The summed E-state index contributed by atoms with van der Waals surface area (Å²) in [7, 11) is -50.7. The van der Waals surface area contributed by atoms with Crippen LogP contribution in [0.25, 0.3) is 0 Å². The van der Waals surface area contributed by atoms with Crippen molar-refractivity contribution < 1.29 is 172 Å². The second-order valence-corrected chi connectivity index (χ2v) is 42.4. The lowest BCUT2D eigenvalue weighted by Crippen LogP contribution is -2.50. The van der Waals surface area contributed by atoms with Crippen LogP contribution in [0.4, 0.5) is 0 Å². The number of esters is 2. The van der Waals surface area contributed by atoms with Gasteiger partial charge in [-0.3, -0.25) is 61.3 Å². The molecule has 0 unspecified atom stereocenters. The Kier molecular flexibility index (Phi) is 45.4. The van der Waals surface area contributed by atoms with Crippen LogP contribution in [0.15, 0.2) is 0 Å². The molecule has 54 heteroatoms. The third-order valence-corrected chi connectivity index (χ3v) is 24.9. The van der Waals surface area contributed by atoms with Gasteiger partial charge in [-0.2, -0.15) is 101 Å². The highest BCUT2D eigenvalue weighted by atomic mass is 32.3. The van der Waals surface area contributed by atoms with E-state index in [1.54, 1.807) is 27.7 Å². The van der Waals surface area contributed by atoms with Gasteiger partial charge in [0.1, 0.15) is 0 Å². The summed E-state index contributed by atoms with van der Waals surface area (Å²) in [6.45, 7) is 5.11. The molecule has 0 aliphatic carbocycles. The third-order valence-electron chi connectivity index (χ3n) is 11.3. The molecule has 0 aliphatic rings. The minimum absolute atomic E-state index is 0.0749. The van der Waals surface area contributed by atoms with Crippen LogP contribution < -0.4 is 11.5 Å². The predicted octanol–water partition coefficient (Wildman–Crippen LogP) is -3.13. The van der Waals surface area contributed by atoms with E-state index in [9.17, 15) is 111 Å². The Labute approximate surface area is 576 Å². The van der Waals surface area contributed by atoms with E-state index in [-0.39, 0.29) is 78.1 Å². The normalized spacial score (nSPS) is 13.8. The minimum Gasteiger partial charge on any atom is -0.465 e. The van der Waals surface area contributed by atoms with Crippen LogP contribution in [0.5, 0.6) is 0 Å². The van der Waals surface area contributed by atoms with Gasteiger partial charge in [0.05, 0.1) is 135 Å². The molecule has 0 rings (SSSR count). The average molecular weight is 1670 g/mol. The smallest absolute Gasteiger partial charge is 0.328 e.